The number of hydrogen-bond acceptors (Lipinski definition) is 6. The Balaban J connectivity index is 1.73. The SMILES string of the molecule is COC(=O)c1cccc(Nc2ccc(NS(=O)(=O)c3cccc(C)c3)cn2)c1. The summed E-state index contributed by atoms with van der Waals surface area (Å²) in [6, 6.07) is 16.7. The Labute approximate surface area is 163 Å². The maximum absolute atomic E-state index is 12.5. The second-order valence-corrected chi connectivity index (χ2v) is 7.73. The fourth-order valence-corrected chi connectivity index (χ4v) is 3.66. The van der Waals surface area contributed by atoms with Crippen LogP contribution in [0.1, 0.15) is 15.9 Å². The number of nitrogens with zero attached hydrogens (tertiary/aromatic N) is 1. The van der Waals surface area contributed by atoms with Gasteiger partial charge in [-0.25, -0.2) is 18.2 Å². The maximum Gasteiger partial charge on any atom is 0.337 e. The van der Waals surface area contributed by atoms with Crippen LogP contribution in [-0.4, -0.2) is 26.5 Å². The minimum absolute atomic E-state index is 0.189. The lowest BCUT2D eigenvalue weighted by Gasteiger charge is -2.10. The fourth-order valence-electron chi connectivity index (χ4n) is 2.51. The summed E-state index contributed by atoms with van der Waals surface area (Å²) in [5, 5.41) is 3.06. The van der Waals surface area contributed by atoms with Crippen molar-refractivity contribution < 1.29 is 17.9 Å². The van der Waals surface area contributed by atoms with Gasteiger partial charge in [0.05, 0.1) is 29.5 Å². The van der Waals surface area contributed by atoms with Gasteiger partial charge in [0, 0.05) is 5.69 Å². The molecular formula is C20H19N3O4S. The van der Waals surface area contributed by atoms with E-state index in [4.69, 9.17) is 4.74 Å². The summed E-state index contributed by atoms with van der Waals surface area (Å²) in [5.74, 6) is 0.0676. The smallest absolute Gasteiger partial charge is 0.337 e. The number of carbonyl (C=O) groups is 1. The number of anilines is 3. The molecule has 28 heavy (non-hydrogen) atoms. The summed E-state index contributed by atoms with van der Waals surface area (Å²) in [4.78, 5) is 16.0. The van der Waals surface area contributed by atoms with E-state index in [9.17, 15) is 13.2 Å². The number of hydrogen-bond donors (Lipinski definition) is 2. The Kier molecular flexibility index (Phi) is 5.60. The van der Waals surface area contributed by atoms with E-state index in [1.54, 1.807) is 48.5 Å². The van der Waals surface area contributed by atoms with Crippen molar-refractivity contribution in [2.24, 2.45) is 0 Å². The van der Waals surface area contributed by atoms with Crippen LogP contribution in [0.25, 0.3) is 0 Å². The van der Waals surface area contributed by atoms with Crippen LogP contribution >= 0.6 is 0 Å². The number of carbonyl (C=O) groups excluding carboxylic acids is 1. The molecule has 0 aliphatic rings. The van der Waals surface area contributed by atoms with Crippen LogP contribution < -0.4 is 10.0 Å². The highest BCUT2D eigenvalue weighted by Gasteiger charge is 2.14. The van der Waals surface area contributed by atoms with Gasteiger partial charge in [0.15, 0.2) is 0 Å². The van der Waals surface area contributed by atoms with E-state index in [1.807, 2.05) is 13.0 Å². The molecule has 0 spiro atoms. The number of pyridine rings is 1. The first-order valence-electron chi connectivity index (χ1n) is 8.38. The molecule has 0 amide bonds. The number of ether oxygens (including phenoxy) is 1. The summed E-state index contributed by atoms with van der Waals surface area (Å²) < 4.78 is 32.1. The molecule has 0 saturated carbocycles. The van der Waals surface area contributed by atoms with Crippen molar-refractivity contribution in [1.29, 1.82) is 0 Å². The standard InChI is InChI=1S/C20H19N3O4S/c1-14-5-3-8-18(11-14)28(25,26)23-17-9-10-19(21-13-17)22-16-7-4-6-15(12-16)20(24)27-2/h3-13,23H,1-2H3,(H,21,22). The Hall–Kier alpha value is -3.39. The largest absolute Gasteiger partial charge is 0.465 e. The number of benzene rings is 2. The molecule has 3 rings (SSSR count). The molecule has 7 nitrogen and oxygen atoms in total. The van der Waals surface area contributed by atoms with Crippen LogP contribution in [0, 0.1) is 6.92 Å². The van der Waals surface area contributed by atoms with Crippen molar-refractivity contribution in [3.63, 3.8) is 0 Å². The van der Waals surface area contributed by atoms with Gasteiger partial charge in [-0.05, 0) is 55.0 Å². The highest BCUT2D eigenvalue weighted by molar-refractivity contribution is 7.92. The molecule has 0 atom stereocenters. The van der Waals surface area contributed by atoms with Crippen molar-refractivity contribution >= 4 is 33.2 Å². The summed E-state index contributed by atoms with van der Waals surface area (Å²) in [6.07, 6.45) is 1.42. The zero-order valence-electron chi connectivity index (χ0n) is 15.3. The number of aromatic nitrogens is 1. The quantitative estimate of drug-likeness (QED) is 0.615. The molecule has 0 aliphatic carbocycles. The van der Waals surface area contributed by atoms with Gasteiger partial charge in [-0.3, -0.25) is 4.72 Å². The lowest BCUT2D eigenvalue weighted by molar-refractivity contribution is 0.0601. The average Bonchev–Trinajstić information content (AvgIpc) is 2.69. The molecule has 1 aromatic heterocycles. The topological polar surface area (TPSA) is 97.4 Å². The second-order valence-electron chi connectivity index (χ2n) is 6.05. The Morgan fingerprint density at radius 1 is 1.00 bits per heavy atom. The molecule has 0 aliphatic heterocycles. The second kappa shape index (κ2) is 8.10. The van der Waals surface area contributed by atoms with Gasteiger partial charge in [-0.15, -0.1) is 0 Å². The molecule has 3 aromatic rings. The molecule has 2 N–H and O–H groups in total. The summed E-state index contributed by atoms with van der Waals surface area (Å²) in [5.41, 5.74) is 2.27. The van der Waals surface area contributed by atoms with Crippen molar-refractivity contribution in [2.45, 2.75) is 11.8 Å². The van der Waals surface area contributed by atoms with E-state index in [2.05, 4.69) is 15.0 Å². The Morgan fingerprint density at radius 2 is 1.79 bits per heavy atom. The zero-order valence-corrected chi connectivity index (χ0v) is 16.2. The first-order valence-corrected chi connectivity index (χ1v) is 9.87. The Morgan fingerprint density at radius 3 is 2.46 bits per heavy atom. The van der Waals surface area contributed by atoms with Gasteiger partial charge in [-0.1, -0.05) is 18.2 Å². The van der Waals surface area contributed by atoms with Crippen molar-refractivity contribution in [1.82, 2.24) is 4.98 Å². The molecule has 1 heterocycles. The van der Waals surface area contributed by atoms with E-state index >= 15 is 0 Å². The number of aryl methyl sites for hydroxylation is 1. The Bertz CT molecular complexity index is 1100. The molecule has 8 heteroatoms. The van der Waals surface area contributed by atoms with Crippen LogP contribution in [0.2, 0.25) is 0 Å². The van der Waals surface area contributed by atoms with E-state index in [0.29, 0.717) is 22.8 Å². The highest BCUT2D eigenvalue weighted by Crippen LogP contribution is 2.20. The van der Waals surface area contributed by atoms with Crippen LogP contribution in [0.3, 0.4) is 0 Å². The monoisotopic (exact) mass is 397 g/mol. The minimum atomic E-state index is -3.69. The number of methoxy groups -OCH3 is 1. The number of esters is 1. The van der Waals surface area contributed by atoms with Gasteiger partial charge in [-0.2, -0.15) is 0 Å². The number of sulfonamides is 1. The molecular weight excluding hydrogens is 378 g/mol. The molecule has 144 valence electrons. The molecule has 0 saturated heterocycles. The average molecular weight is 397 g/mol. The van der Waals surface area contributed by atoms with Crippen LogP contribution in [0.5, 0.6) is 0 Å². The minimum Gasteiger partial charge on any atom is -0.465 e. The molecule has 0 fully saturated rings. The van der Waals surface area contributed by atoms with Crippen LogP contribution in [0.15, 0.2) is 71.8 Å². The van der Waals surface area contributed by atoms with Crippen LogP contribution in [-0.2, 0) is 14.8 Å². The normalized spacial score (nSPS) is 10.9. The van der Waals surface area contributed by atoms with Gasteiger partial charge >= 0.3 is 5.97 Å². The lowest BCUT2D eigenvalue weighted by Crippen LogP contribution is -2.13. The number of nitrogens with one attached hydrogen (secondary N) is 2. The van der Waals surface area contributed by atoms with Crippen molar-refractivity contribution in [3.05, 3.63) is 78.0 Å². The van der Waals surface area contributed by atoms with E-state index in [1.165, 1.54) is 19.4 Å². The molecule has 0 bridgehead atoms. The van der Waals surface area contributed by atoms with Crippen LogP contribution in [0.4, 0.5) is 17.2 Å². The van der Waals surface area contributed by atoms with Gasteiger partial charge < -0.3 is 10.1 Å². The van der Waals surface area contributed by atoms with E-state index < -0.39 is 16.0 Å². The summed E-state index contributed by atoms with van der Waals surface area (Å²) >= 11 is 0. The predicted molar refractivity (Wildman–Crippen MR) is 107 cm³/mol. The molecule has 2 aromatic carbocycles. The third-order valence-electron chi connectivity index (χ3n) is 3.87. The first-order chi connectivity index (χ1) is 13.4. The summed E-state index contributed by atoms with van der Waals surface area (Å²) in [7, 11) is -2.37. The van der Waals surface area contributed by atoms with E-state index in [-0.39, 0.29) is 4.90 Å². The van der Waals surface area contributed by atoms with Gasteiger partial charge in [0.2, 0.25) is 0 Å². The zero-order chi connectivity index (χ0) is 20.1. The fraction of sp³-hybridized carbons (Fsp3) is 0.100. The predicted octanol–water partition coefficient (Wildman–Crippen LogP) is 3.72. The maximum atomic E-state index is 12.5. The lowest BCUT2D eigenvalue weighted by atomic mass is 10.2. The summed E-state index contributed by atoms with van der Waals surface area (Å²) in [6.45, 7) is 1.83. The molecule has 0 unspecified atom stereocenters. The van der Waals surface area contributed by atoms with Crippen molar-refractivity contribution in [2.75, 3.05) is 17.1 Å². The number of rotatable bonds is 6. The third-order valence-corrected chi connectivity index (χ3v) is 5.25. The van der Waals surface area contributed by atoms with Gasteiger partial charge in [0.25, 0.3) is 10.0 Å². The van der Waals surface area contributed by atoms with E-state index in [0.717, 1.165) is 5.56 Å². The highest BCUT2D eigenvalue weighted by atomic mass is 32.2. The van der Waals surface area contributed by atoms with Gasteiger partial charge in [0.1, 0.15) is 5.82 Å². The first kappa shape index (κ1) is 19.4. The van der Waals surface area contributed by atoms with Crippen molar-refractivity contribution in [3.8, 4) is 0 Å². The molecule has 0 radical (unpaired) electrons. The third kappa shape index (κ3) is 4.66.